The third-order valence-corrected chi connectivity index (χ3v) is 8.51. The molecule has 5 aromatic carbocycles. The first-order valence-electron chi connectivity index (χ1n) is 15.7. The first kappa shape index (κ1) is 32.2. The highest BCUT2D eigenvalue weighted by molar-refractivity contribution is 6.06. The van der Waals surface area contributed by atoms with Gasteiger partial charge in [0, 0.05) is 22.8 Å². The van der Waals surface area contributed by atoms with E-state index in [1.807, 2.05) is 24.3 Å². The van der Waals surface area contributed by atoms with Crippen molar-refractivity contribution in [2.45, 2.75) is 55.4 Å². The first-order chi connectivity index (χ1) is 22.1. The van der Waals surface area contributed by atoms with E-state index in [-0.39, 0.29) is 0 Å². The smallest absolute Gasteiger partial charge is 0.0666 e. The molecule has 0 aromatic heterocycles. The predicted molar refractivity (Wildman–Crippen MR) is 199 cm³/mol. The Bertz CT molecular complexity index is 1880. The number of benzene rings is 5. The summed E-state index contributed by atoms with van der Waals surface area (Å²) in [6.45, 7) is 16.7. The van der Waals surface area contributed by atoms with Crippen molar-refractivity contribution in [2.24, 2.45) is 20.0 Å². The van der Waals surface area contributed by atoms with E-state index in [1.54, 1.807) is 0 Å². The summed E-state index contributed by atoms with van der Waals surface area (Å²) in [5.74, 6) is 0. The van der Waals surface area contributed by atoms with Crippen LogP contribution in [0.4, 0.5) is 22.7 Å². The summed E-state index contributed by atoms with van der Waals surface area (Å²) in [6, 6.07) is 37.5. The molecule has 0 bridgehead atoms. The summed E-state index contributed by atoms with van der Waals surface area (Å²) in [5, 5.41) is 0. The Hall–Kier alpha value is -5.22. The largest absolute Gasteiger partial charge is 0.253 e. The van der Waals surface area contributed by atoms with Crippen molar-refractivity contribution in [3.8, 4) is 0 Å². The van der Waals surface area contributed by atoms with Gasteiger partial charge in [-0.25, -0.2) is 0 Å². The van der Waals surface area contributed by atoms with Crippen LogP contribution in [0.5, 0.6) is 0 Å². The summed E-state index contributed by atoms with van der Waals surface area (Å²) < 4.78 is 0. The van der Waals surface area contributed by atoms with E-state index in [1.165, 1.54) is 0 Å². The van der Waals surface area contributed by atoms with Crippen LogP contribution in [0.15, 0.2) is 129 Å². The Labute approximate surface area is 274 Å². The standard InChI is InChI=1S/C42H42N4/c1-27-15-9-11-21-39(27)43-31(5)35-17-13-19-37(25-35)33(7)45-41-23-24-42(30(4)29(41)3)46-34(8)38-20-14-18-36(26-38)32(6)44-40-22-12-10-16-28(40)2/h9-26H,1-8H3/b43-31+,44-32+,45-33+,46-34+. The summed E-state index contributed by atoms with van der Waals surface area (Å²) in [7, 11) is 0. The molecule has 230 valence electrons. The number of rotatable bonds is 8. The molecule has 0 saturated heterocycles. The second kappa shape index (κ2) is 14.3. The average molecular weight is 603 g/mol. The van der Waals surface area contributed by atoms with Crippen LogP contribution in [0.25, 0.3) is 0 Å². The maximum atomic E-state index is 5.05. The van der Waals surface area contributed by atoms with E-state index in [0.29, 0.717) is 0 Å². The fourth-order valence-electron chi connectivity index (χ4n) is 5.33. The topological polar surface area (TPSA) is 49.4 Å². The number of nitrogens with zero attached hydrogens (tertiary/aromatic N) is 4. The van der Waals surface area contributed by atoms with Gasteiger partial charge in [0.25, 0.3) is 0 Å². The normalized spacial score (nSPS) is 12.9. The van der Waals surface area contributed by atoms with Gasteiger partial charge in [0.1, 0.15) is 0 Å². The number of aryl methyl sites for hydroxylation is 2. The minimum atomic E-state index is 0.951. The molecular formula is C42H42N4. The van der Waals surface area contributed by atoms with Crippen LogP contribution in [0.2, 0.25) is 0 Å². The Morgan fingerprint density at radius 2 is 0.652 bits per heavy atom. The van der Waals surface area contributed by atoms with E-state index >= 15 is 0 Å². The number of hydrogen-bond donors (Lipinski definition) is 0. The van der Waals surface area contributed by atoms with Crippen LogP contribution >= 0.6 is 0 Å². The molecule has 0 amide bonds. The van der Waals surface area contributed by atoms with Gasteiger partial charge in [0.15, 0.2) is 0 Å². The van der Waals surface area contributed by atoms with Crippen molar-refractivity contribution >= 4 is 45.6 Å². The molecule has 0 radical (unpaired) electrons. The zero-order chi connectivity index (χ0) is 32.8. The van der Waals surface area contributed by atoms with Gasteiger partial charge in [-0.15, -0.1) is 0 Å². The van der Waals surface area contributed by atoms with Crippen LogP contribution in [-0.4, -0.2) is 22.8 Å². The zero-order valence-corrected chi connectivity index (χ0v) is 28.2. The lowest BCUT2D eigenvalue weighted by Gasteiger charge is -2.11. The predicted octanol–water partition coefficient (Wildman–Crippen LogP) is 11.5. The Morgan fingerprint density at radius 1 is 0.348 bits per heavy atom. The van der Waals surface area contributed by atoms with Crippen molar-refractivity contribution < 1.29 is 0 Å². The van der Waals surface area contributed by atoms with E-state index in [4.69, 9.17) is 20.0 Å². The van der Waals surface area contributed by atoms with Crippen molar-refractivity contribution in [1.82, 2.24) is 0 Å². The van der Waals surface area contributed by atoms with E-state index < -0.39 is 0 Å². The van der Waals surface area contributed by atoms with Gasteiger partial charge >= 0.3 is 0 Å². The minimum absolute atomic E-state index is 0.951. The van der Waals surface area contributed by atoms with Gasteiger partial charge in [-0.3, -0.25) is 20.0 Å². The molecule has 0 aliphatic rings. The summed E-state index contributed by atoms with van der Waals surface area (Å²) in [4.78, 5) is 19.9. The lowest BCUT2D eigenvalue weighted by molar-refractivity contribution is 1.28. The molecule has 0 N–H and O–H groups in total. The number of aliphatic imine (C=N–C) groups is 4. The summed E-state index contributed by atoms with van der Waals surface area (Å²) in [5.41, 5.74) is 16.7. The minimum Gasteiger partial charge on any atom is -0.253 e. The molecule has 0 heterocycles. The van der Waals surface area contributed by atoms with Crippen LogP contribution in [0.3, 0.4) is 0 Å². The van der Waals surface area contributed by atoms with Gasteiger partial charge in [-0.05, 0) is 136 Å². The van der Waals surface area contributed by atoms with Gasteiger partial charge < -0.3 is 0 Å². The van der Waals surface area contributed by atoms with Crippen molar-refractivity contribution in [1.29, 1.82) is 0 Å². The number of hydrogen-bond acceptors (Lipinski definition) is 4. The third-order valence-electron chi connectivity index (χ3n) is 8.51. The van der Waals surface area contributed by atoms with Gasteiger partial charge in [0.2, 0.25) is 0 Å². The molecule has 0 aliphatic carbocycles. The van der Waals surface area contributed by atoms with Gasteiger partial charge in [0.05, 0.1) is 22.7 Å². The molecule has 4 heteroatoms. The SMILES string of the molecule is C/C(=N\c1ccccc1C)c1cccc(/C(C)=N/c2ccc(/N=C(\C)c3cccc(/C(C)=N/c4ccccc4C)c3)c(C)c2C)c1. The average Bonchev–Trinajstić information content (AvgIpc) is 3.06. The molecule has 4 nitrogen and oxygen atoms in total. The Kier molecular flexibility index (Phi) is 9.97. The molecule has 0 fully saturated rings. The monoisotopic (exact) mass is 602 g/mol. The van der Waals surface area contributed by atoms with Crippen LogP contribution in [-0.2, 0) is 0 Å². The molecule has 5 aromatic rings. The molecule has 0 spiro atoms. The Balaban J connectivity index is 1.38. The van der Waals surface area contributed by atoms with Crippen LogP contribution in [0, 0.1) is 27.7 Å². The first-order valence-corrected chi connectivity index (χ1v) is 15.7. The van der Waals surface area contributed by atoms with Crippen LogP contribution in [0.1, 0.15) is 72.2 Å². The maximum absolute atomic E-state index is 5.05. The quantitative estimate of drug-likeness (QED) is 0.159. The zero-order valence-electron chi connectivity index (χ0n) is 28.2. The second-order valence-corrected chi connectivity index (χ2v) is 11.9. The van der Waals surface area contributed by atoms with E-state index in [9.17, 15) is 0 Å². The fraction of sp³-hybridized carbons (Fsp3) is 0.190. The molecule has 0 aliphatic heterocycles. The lowest BCUT2D eigenvalue weighted by Crippen LogP contribution is -2.00. The van der Waals surface area contributed by atoms with E-state index in [2.05, 4.69) is 140 Å². The highest BCUT2D eigenvalue weighted by Gasteiger charge is 2.10. The van der Waals surface area contributed by atoms with Crippen LogP contribution < -0.4 is 0 Å². The Morgan fingerprint density at radius 3 is 0.978 bits per heavy atom. The van der Waals surface area contributed by atoms with Gasteiger partial charge in [-0.2, -0.15) is 0 Å². The van der Waals surface area contributed by atoms with Crippen molar-refractivity contribution in [2.75, 3.05) is 0 Å². The fourth-order valence-corrected chi connectivity index (χ4v) is 5.33. The lowest BCUT2D eigenvalue weighted by atomic mass is 10.0. The van der Waals surface area contributed by atoms with E-state index in [0.717, 1.165) is 90.1 Å². The third kappa shape index (κ3) is 7.52. The highest BCUT2D eigenvalue weighted by atomic mass is 14.8. The molecule has 0 unspecified atom stereocenters. The molecular weight excluding hydrogens is 560 g/mol. The number of para-hydroxylation sites is 2. The van der Waals surface area contributed by atoms with Gasteiger partial charge in [-0.1, -0.05) is 72.8 Å². The molecule has 46 heavy (non-hydrogen) atoms. The summed E-state index contributed by atoms with van der Waals surface area (Å²) in [6.07, 6.45) is 0. The molecule has 5 rings (SSSR count). The molecule has 0 atom stereocenters. The van der Waals surface area contributed by atoms with Crippen molar-refractivity contribution in [3.05, 3.63) is 154 Å². The van der Waals surface area contributed by atoms with Crippen molar-refractivity contribution in [3.63, 3.8) is 0 Å². The second-order valence-electron chi connectivity index (χ2n) is 11.9. The molecule has 0 saturated carbocycles. The summed E-state index contributed by atoms with van der Waals surface area (Å²) >= 11 is 0. The maximum Gasteiger partial charge on any atom is 0.0666 e. The highest BCUT2D eigenvalue weighted by Crippen LogP contribution is 2.31.